The number of nitrogens with one attached hydrogen (secondary N) is 2. The number of likely N-dealkylation sites (tertiary alicyclic amines) is 1. The van der Waals surface area contributed by atoms with Gasteiger partial charge in [0, 0.05) is 29.7 Å². The summed E-state index contributed by atoms with van der Waals surface area (Å²) in [4.78, 5) is 18.4. The van der Waals surface area contributed by atoms with Crippen LogP contribution >= 0.6 is 47.2 Å². The third kappa shape index (κ3) is 6.64. The second kappa shape index (κ2) is 11.0. The van der Waals surface area contributed by atoms with Crippen LogP contribution in [0, 0.1) is 0 Å². The van der Waals surface area contributed by atoms with Crippen molar-refractivity contribution in [1.82, 2.24) is 15.5 Å². The smallest absolute Gasteiger partial charge is 0.241 e. The first-order valence-electron chi connectivity index (χ1n) is 7.84. The number of benzene rings is 1. The lowest BCUT2D eigenvalue weighted by atomic mass is 10.2. The average Bonchev–Trinajstić information content (AvgIpc) is 3.05. The van der Waals surface area contributed by atoms with E-state index < -0.39 is 0 Å². The van der Waals surface area contributed by atoms with E-state index in [4.69, 9.17) is 23.2 Å². The summed E-state index contributed by atoms with van der Waals surface area (Å²) in [6, 6.07) is 5.34. The normalized spacial score (nSPS) is 14.3. The van der Waals surface area contributed by atoms with Crippen molar-refractivity contribution in [3.8, 4) is 0 Å². The van der Waals surface area contributed by atoms with Crippen LogP contribution in [0.5, 0.6) is 0 Å². The molecule has 1 fully saturated rings. The molecule has 0 aliphatic carbocycles. The highest BCUT2D eigenvalue weighted by Gasteiger charge is 2.17. The highest BCUT2D eigenvalue weighted by Crippen LogP contribution is 2.21. The molecule has 2 rings (SSSR count). The van der Waals surface area contributed by atoms with E-state index in [9.17, 15) is 4.79 Å². The molecule has 0 bridgehead atoms. The van der Waals surface area contributed by atoms with Crippen LogP contribution in [-0.4, -0.2) is 42.9 Å². The van der Waals surface area contributed by atoms with Crippen LogP contribution in [0.25, 0.3) is 0 Å². The minimum absolute atomic E-state index is 0. The van der Waals surface area contributed by atoms with E-state index in [1.165, 1.54) is 0 Å². The van der Waals surface area contributed by atoms with E-state index in [-0.39, 0.29) is 36.4 Å². The maximum Gasteiger partial charge on any atom is 0.241 e. The number of carbonyl (C=O) groups is 1. The number of hydrogen-bond donors (Lipinski definition) is 2. The number of halogens is 3. The zero-order valence-electron chi connectivity index (χ0n) is 13.6. The lowest BCUT2D eigenvalue weighted by Gasteiger charge is -2.17. The van der Waals surface area contributed by atoms with Crippen molar-refractivity contribution in [3.05, 3.63) is 33.8 Å². The molecule has 1 saturated heterocycles. The topological polar surface area (TPSA) is 56.7 Å². The van der Waals surface area contributed by atoms with Crippen LogP contribution in [0.3, 0.4) is 0 Å². The number of guanidine groups is 1. The molecule has 0 spiro atoms. The van der Waals surface area contributed by atoms with Gasteiger partial charge in [-0.25, -0.2) is 4.99 Å². The summed E-state index contributed by atoms with van der Waals surface area (Å²) in [5, 5.41) is 7.39. The SMILES string of the molecule is CCNC(=NCc1ccc(Cl)cc1Cl)NCC(=O)N1CCCC1.I. The summed E-state index contributed by atoms with van der Waals surface area (Å²) in [5.74, 6) is 0.712. The van der Waals surface area contributed by atoms with E-state index in [2.05, 4.69) is 15.6 Å². The predicted octanol–water partition coefficient (Wildman–Crippen LogP) is 3.29. The van der Waals surface area contributed by atoms with E-state index in [0.29, 0.717) is 22.5 Å². The Morgan fingerprint density at radius 1 is 1.25 bits per heavy atom. The van der Waals surface area contributed by atoms with E-state index in [0.717, 1.165) is 38.0 Å². The summed E-state index contributed by atoms with van der Waals surface area (Å²) >= 11 is 12.0. The number of hydrogen-bond acceptors (Lipinski definition) is 2. The lowest BCUT2D eigenvalue weighted by molar-refractivity contribution is -0.128. The molecule has 1 aliphatic rings. The fraction of sp³-hybridized carbons (Fsp3) is 0.500. The molecule has 2 N–H and O–H groups in total. The van der Waals surface area contributed by atoms with Crippen molar-refractivity contribution < 1.29 is 4.79 Å². The van der Waals surface area contributed by atoms with Gasteiger partial charge in [0.2, 0.25) is 5.91 Å². The van der Waals surface area contributed by atoms with Crippen molar-refractivity contribution in [3.63, 3.8) is 0 Å². The monoisotopic (exact) mass is 484 g/mol. The Bertz CT molecular complexity index is 577. The average molecular weight is 485 g/mol. The molecule has 0 saturated carbocycles. The fourth-order valence-corrected chi connectivity index (χ4v) is 2.86. The molecule has 8 heteroatoms. The standard InChI is InChI=1S/C16H22Cl2N4O.HI/c1-2-19-16(21-11-15(23)22-7-3-4-8-22)20-10-12-5-6-13(17)9-14(12)18;/h5-6,9H,2-4,7-8,10-11H2,1H3,(H2,19,20,21);1H. The van der Waals surface area contributed by atoms with Gasteiger partial charge in [0.25, 0.3) is 0 Å². The third-order valence-corrected chi connectivity index (χ3v) is 4.22. The van der Waals surface area contributed by atoms with Crippen LogP contribution in [-0.2, 0) is 11.3 Å². The number of nitrogens with zero attached hydrogens (tertiary/aromatic N) is 2. The summed E-state index contributed by atoms with van der Waals surface area (Å²) in [6.07, 6.45) is 2.18. The van der Waals surface area contributed by atoms with Crippen LogP contribution in [0.4, 0.5) is 0 Å². The minimum Gasteiger partial charge on any atom is -0.357 e. The molecule has 0 aromatic heterocycles. The fourth-order valence-electron chi connectivity index (χ4n) is 2.39. The molecule has 1 aromatic rings. The zero-order chi connectivity index (χ0) is 16.7. The van der Waals surface area contributed by atoms with Crippen LogP contribution in [0.2, 0.25) is 10.0 Å². The Labute approximate surface area is 170 Å². The molecular weight excluding hydrogens is 462 g/mol. The predicted molar refractivity (Wildman–Crippen MR) is 111 cm³/mol. The van der Waals surface area contributed by atoms with Crippen LogP contribution in [0.15, 0.2) is 23.2 Å². The Kier molecular flexibility index (Phi) is 9.76. The summed E-state index contributed by atoms with van der Waals surface area (Å²) in [7, 11) is 0. The van der Waals surface area contributed by atoms with Gasteiger partial charge in [-0.3, -0.25) is 4.79 Å². The van der Waals surface area contributed by atoms with Gasteiger partial charge in [0.05, 0.1) is 13.1 Å². The number of amides is 1. The van der Waals surface area contributed by atoms with Crippen molar-refractivity contribution >= 4 is 59.0 Å². The van der Waals surface area contributed by atoms with Gasteiger partial charge in [-0.15, -0.1) is 24.0 Å². The Hall–Kier alpha value is -0.730. The van der Waals surface area contributed by atoms with Gasteiger partial charge in [0.15, 0.2) is 5.96 Å². The highest BCUT2D eigenvalue weighted by molar-refractivity contribution is 14.0. The molecule has 0 radical (unpaired) electrons. The third-order valence-electron chi connectivity index (χ3n) is 3.63. The van der Waals surface area contributed by atoms with Gasteiger partial charge >= 0.3 is 0 Å². The van der Waals surface area contributed by atoms with Gasteiger partial charge < -0.3 is 15.5 Å². The Balaban J connectivity index is 0.00000288. The molecule has 0 unspecified atom stereocenters. The van der Waals surface area contributed by atoms with Crippen molar-refractivity contribution in [2.45, 2.75) is 26.3 Å². The second-order valence-electron chi connectivity index (χ2n) is 5.37. The van der Waals surface area contributed by atoms with Gasteiger partial charge in [-0.1, -0.05) is 29.3 Å². The van der Waals surface area contributed by atoms with Gasteiger partial charge in [0.1, 0.15) is 0 Å². The Morgan fingerprint density at radius 2 is 1.96 bits per heavy atom. The molecule has 1 aliphatic heterocycles. The quantitative estimate of drug-likeness (QED) is 0.383. The van der Waals surface area contributed by atoms with Crippen molar-refractivity contribution in [2.24, 2.45) is 4.99 Å². The first-order chi connectivity index (χ1) is 11.1. The summed E-state index contributed by atoms with van der Waals surface area (Å²) < 4.78 is 0. The van der Waals surface area contributed by atoms with E-state index in [1.54, 1.807) is 12.1 Å². The van der Waals surface area contributed by atoms with Gasteiger partial charge in [-0.2, -0.15) is 0 Å². The van der Waals surface area contributed by atoms with E-state index >= 15 is 0 Å². The maximum absolute atomic E-state index is 12.1. The molecule has 1 aromatic carbocycles. The molecule has 1 heterocycles. The molecule has 24 heavy (non-hydrogen) atoms. The number of carbonyl (C=O) groups excluding carboxylic acids is 1. The minimum atomic E-state index is 0. The lowest BCUT2D eigenvalue weighted by Crippen LogP contribution is -2.44. The summed E-state index contributed by atoms with van der Waals surface area (Å²) in [6.45, 7) is 5.08. The molecular formula is C16H23Cl2IN4O. The molecule has 0 atom stereocenters. The van der Waals surface area contributed by atoms with Crippen molar-refractivity contribution in [2.75, 3.05) is 26.2 Å². The van der Waals surface area contributed by atoms with Gasteiger partial charge in [-0.05, 0) is 37.5 Å². The zero-order valence-corrected chi connectivity index (χ0v) is 17.5. The highest BCUT2D eigenvalue weighted by atomic mass is 127. The molecule has 134 valence electrons. The van der Waals surface area contributed by atoms with Crippen molar-refractivity contribution in [1.29, 1.82) is 0 Å². The molecule has 1 amide bonds. The first kappa shape index (κ1) is 21.3. The largest absolute Gasteiger partial charge is 0.357 e. The maximum atomic E-state index is 12.1. The number of rotatable bonds is 5. The first-order valence-corrected chi connectivity index (χ1v) is 8.59. The van der Waals surface area contributed by atoms with Crippen LogP contribution in [0.1, 0.15) is 25.3 Å². The number of aliphatic imine (C=N–C) groups is 1. The van der Waals surface area contributed by atoms with Crippen LogP contribution < -0.4 is 10.6 Å². The Morgan fingerprint density at radius 3 is 2.58 bits per heavy atom. The summed E-state index contributed by atoms with van der Waals surface area (Å²) in [5.41, 5.74) is 0.888. The second-order valence-corrected chi connectivity index (χ2v) is 6.22. The van der Waals surface area contributed by atoms with E-state index in [1.807, 2.05) is 17.9 Å². The molecule has 5 nitrogen and oxygen atoms in total.